The van der Waals surface area contributed by atoms with Gasteiger partial charge >= 0.3 is 0 Å². The van der Waals surface area contributed by atoms with Crippen LogP contribution in [0.4, 0.5) is 0 Å². The SMILES string of the molecule is CC(C)CNC[C@@H](O)[C@H](Cc1ccccc1)NC(=O)C(C)CS(C)=O. The zero-order chi connectivity index (χ0) is 18.8. The van der Waals surface area contributed by atoms with Crippen molar-refractivity contribution in [2.24, 2.45) is 11.8 Å². The van der Waals surface area contributed by atoms with Crippen molar-refractivity contribution >= 4 is 16.7 Å². The first-order chi connectivity index (χ1) is 11.8. The molecule has 4 atom stereocenters. The second-order valence-corrected chi connectivity index (χ2v) is 8.54. The third-order valence-corrected chi connectivity index (χ3v) is 4.90. The molecule has 0 bridgehead atoms. The summed E-state index contributed by atoms with van der Waals surface area (Å²) in [5, 5.41) is 16.7. The van der Waals surface area contributed by atoms with Crippen molar-refractivity contribution in [2.45, 2.75) is 39.3 Å². The van der Waals surface area contributed by atoms with Crippen LogP contribution in [0.15, 0.2) is 30.3 Å². The first kappa shape index (κ1) is 21.8. The highest BCUT2D eigenvalue weighted by atomic mass is 32.2. The number of hydrogen-bond acceptors (Lipinski definition) is 4. The highest BCUT2D eigenvalue weighted by Crippen LogP contribution is 2.08. The Kier molecular flexibility index (Phi) is 9.93. The van der Waals surface area contributed by atoms with Gasteiger partial charge in [-0.05, 0) is 24.4 Å². The molecule has 5 nitrogen and oxygen atoms in total. The Hall–Kier alpha value is -1.24. The van der Waals surface area contributed by atoms with Crippen molar-refractivity contribution in [1.82, 2.24) is 10.6 Å². The fraction of sp³-hybridized carbons (Fsp3) is 0.632. The maximum atomic E-state index is 12.4. The van der Waals surface area contributed by atoms with Crippen LogP contribution in [0.25, 0.3) is 0 Å². The molecule has 0 spiro atoms. The Morgan fingerprint density at radius 3 is 2.36 bits per heavy atom. The number of benzene rings is 1. The Balaban J connectivity index is 2.72. The first-order valence-electron chi connectivity index (χ1n) is 8.82. The van der Waals surface area contributed by atoms with Gasteiger partial charge in [0.25, 0.3) is 0 Å². The van der Waals surface area contributed by atoms with E-state index in [1.807, 2.05) is 30.3 Å². The Morgan fingerprint density at radius 2 is 1.80 bits per heavy atom. The molecule has 0 aliphatic rings. The highest BCUT2D eigenvalue weighted by Gasteiger charge is 2.24. The van der Waals surface area contributed by atoms with Gasteiger partial charge in [-0.2, -0.15) is 0 Å². The lowest BCUT2D eigenvalue weighted by Gasteiger charge is -2.26. The van der Waals surface area contributed by atoms with Crippen LogP contribution >= 0.6 is 0 Å². The molecule has 1 amide bonds. The molecular weight excluding hydrogens is 336 g/mol. The summed E-state index contributed by atoms with van der Waals surface area (Å²) in [7, 11) is -1.03. The fourth-order valence-electron chi connectivity index (χ4n) is 2.57. The summed E-state index contributed by atoms with van der Waals surface area (Å²) in [5.74, 6) is 0.305. The van der Waals surface area contributed by atoms with Crippen LogP contribution < -0.4 is 10.6 Å². The van der Waals surface area contributed by atoms with Crippen LogP contribution in [-0.2, 0) is 22.0 Å². The van der Waals surface area contributed by atoms with Crippen molar-refractivity contribution in [3.8, 4) is 0 Å². The minimum absolute atomic E-state index is 0.168. The molecule has 0 aliphatic heterocycles. The third kappa shape index (κ3) is 9.14. The zero-order valence-electron chi connectivity index (χ0n) is 15.7. The Labute approximate surface area is 154 Å². The van der Waals surface area contributed by atoms with Gasteiger partial charge in [-0.25, -0.2) is 0 Å². The van der Waals surface area contributed by atoms with E-state index >= 15 is 0 Å². The molecule has 0 saturated heterocycles. The number of hydrogen-bond donors (Lipinski definition) is 3. The van der Waals surface area contributed by atoms with Crippen LogP contribution in [0.1, 0.15) is 26.3 Å². The summed E-state index contributed by atoms with van der Waals surface area (Å²) < 4.78 is 11.3. The molecule has 1 aromatic carbocycles. The number of aliphatic hydroxyl groups is 1. The minimum Gasteiger partial charge on any atom is -0.390 e. The quantitative estimate of drug-likeness (QED) is 0.551. The van der Waals surface area contributed by atoms with E-state index in [-0.39, 0.29) is 17.9 Å². The van der Waals surface area contributed by atoms with Gasteiger partial charge in [-0.1, -0.05) is 51.1 Å². The molecule has 1 aromatic rings. The lowest BCUT2D eigenvalue weighted by molar-refractivity contribution is -0.125. The number of amides is 1. The molecule has 25 heavy (non-hydrogen) atoms. The lowest BCUT2D eigenvalue weighted by Crippen LogP contribution is -2.50. The molecule has 0 aromatic heterocycles. The largest absolute Gasteiger partial charge is 0.390 e. The summed E-state index contributed by atoms with van der Waals surface area (Å²) in [6, 6.07) is 9.41. The van der Waals surface area contributed by atoms with E-state index in [4.69, 9.17) is 0 Å². The lowest BCUT2D eigenvalue weighted by atomic mass is 10.00. The zero-order valence-corrected chi connectivity index (χ0v) is 16.5. The number of carbonyl (C=O) groups excluding carboxylic acids is 1. The van der Waals surface area contributed by atoms with E-state index in [2.05, 4.69) is 24.5 Å². The van der Waals surface area contributed by atoms with E-state index in [1.165, 1.54) is 0 Å². The van der Waals surface area contributed by atoms with Crippen molar-refractivity contribution in [3.05, 3.63) is 35.9 Å². The van der Waals surface area contributed by atoms with Crippen LogP contribution in [0.3, 0.4) is 0 Å². The van der Waals surface area contributed by atoms with Gasteiger partial charge in [-0.15, -0.1) is 0 Å². The molecule has 2 unspecified atom stereocenters. The topological polar surface area (TPSA) is 78.4 Å². The summed E-state index contributed by atoms with van der Waals surface area (Å²) in [4.78, 5) is 12.4. The van der Waals surface area contributed by atoms with E-state index in [0.29, 0.717) is 24.6 Å². The monoisotopic (exact) mass is 368 g/mol. The standard InChI is InChI=1S/C19H32N2O3S/c1-14(2)11-20-12-18(22)17(10-16-8-6-5-7-9-16)21-19(23)15(3)13-25(4)24/h5-9,14-15,17-18,20,22H,10-13H2,1-4H3,(H,21,23)/t15?,17-,18+,25?/m0/s1. The van der Waals surface area contributed by atoms with E-state index in [0.717, 1.165) is 12.1 Å². The summed E-state index contributed by atoms with van der Waals surface area (Å²) in [6.45, 7) is 7.21. The molecule has 0 saturated carbocycles. The number of nitrogens with one attached hydrogen (secondary N) is 2. The molecule has 1 rings (SSSR count). The smallest absolute Gasteiger partial charge is 0.224 e. The van der Waals surface area contributed by atoms with Gasteiger partial charge in [0.1, 0.15) is 0 Å². The number of rotatable bonds is 11. The van der Waals surface area contributed by atoms with Crippen molar-refractivity contribution in [3.63, 3.8) is 0 Å². The van der Waals surface area contributed by atoms with Gasteiger partial charge in [0.05, 0.1) is 12.1 Å². The fourth-order valence-corrected chi connectivity index (χ4v) is 3.42. The van der Waals surface area contributed by atoms with Gasteiger partial charge in [0.15, 0.2) is 0 Å². The molecule has 0 aliphatic carbocycles. The van der Waals surface area contributed by atoms with Crippen LogP contribution in [0.2, 0.25) is 0 Å². The average molecular weight is 369 g/mol. The Bertz CT molecular complexity index is 537. The van der Waals surface area contributed by atoms with Gasteiger partial charge in [-0.3, -0.25) is 9.00 Å². The molecule has 6 heteroatoms. The predicted molar refractivity (Wildman–Crippen MR) is 104 cm³/mol. The number of carbonyl (C=O) groups is 1. The molecule has 0 fully saturated rings. The maximum Gasteiger partial charge on any atom is 0.224 e. The normalized spacial score (nSPS) is 16.2. The van der Waals surface area contributed by atoms with Gasteiger partial charge < -0.3 is 15.7 Å². The minimum atomic E-state index is -1.03. The molecule has 142 valence electrons. The summed E-state index contributed by atoms with van der Waals surface area (Å²) in [6.07, 6.45) is 1.46. The van der Waals surface area contributed by atoms with E-state index in [1.54, 1.807) is 13.2 Å². The second kappa shape index (κ2) is 11.4. The molecule has 0 heterocycles. The van der Waals surface area contributed by atoms with E-state index < -0.39 is 16.9 Å². The maximum absolute atomic E-state index is 12.4. The van der Waals surface area contributed by atoms with Crippen LogP contribution in [-0.4, -0.2) is 52.5 Å². The number of aliphatic hydroxyl groups excluding tert-OH is 1. The molecule has 0 radical (unpaired) electrons. The highest BCUT2D eigenvalue weighted by molar-refractivity contribution is 7.84. The van der Waals surface area contributed by atoms with Gasteiger partial charge in [0, 0.05) is 35.3 Å². The second-order valence-electron chi connectivity index (χ2n) is 7.07. The average Bonchev–Trinajstić information content (AvgIpc) is 2.54. The summed E-state index contributed by atoms with van der Waals surface area (Å²) in [5.41, 5.74) is 1.06. The molecule has 3 N–H and O–H groups in total. The summed E-state index contributed by atoms with van der Waals surface area (Å²) >= 11 is 0. The predicted octanol–water partition coefficient (Wildman–Crippen LogP) is 1.33. The van der Waals surface area contributed by atoms with Crippen LogP contribution in [0, 0.1) is 11.8 Å². The molecular formula is C19H32N2O3S. The first-order valence-corrected chi connectivity index (χ1v) is 10.6. The van der Waals surface area contributed by atoms with Crippen LogP contribution in [0.5, 0.6) is 0 Å². The van der Waals surface area contributed by atoms with Gasteiger partial charge in [0.2, 0.25) is 5.91 Å². The van der Waals surface area contributed by atoms with Crippen molar-refractivity contribution in [2.75, 3.05) is 25.1 Å². The third-order valence-electron chi connectivity index (χ3n) is 3.93. The Morgan fingerprint density at radius 1 is 1.16 bits per heavy atom. The van der Waals surface area contributed by atoms with E-state index in [9.17, 15) is 14.1 Å². The van der Waals surface area contributed by atoms with Crippen molar-refractivity contribution < 1.29 is 14.1 Å². The van der Waals surface area contributed by atoms with Crippen molar-refractivity contribution in [1.29, 1.82) is 0 Å².